The third kappa shape index (κ3) is 3.85. The summed E-state index contributed by atoms with van der Waals surface area (Å²) >= 11 is 0. The summed E-state index contributed by atoms with van der Waals surface area (Å²) in [7, 11) is 0. The van der Waals surface area contributed by atoms with E-state index in [9.17, 15) is 19.2 Å². The predicted molar refractivity (Wildman–Crippen MR) is 95.9 cm³/mol. The van der Waals surface area contributed by atoms with Gasteiger partial charge in [0.15, 0.2) is 0 Å². The summed E-state index contributed by atoms with van der Waals surface area (Å²) in [4.78, 5) is 49.5. The van der Waals surface area contributed by atoms with Crippen molar-refractivity contribution in [3.05, 3.63) is 29.3 Å². The molecule has 7 heteroatoms. The number of nitrogens with zero attached hydrogens (tertiary/aromatic N) is 1. The Hall–Kier alpha value is -3.14. The highest BCUT2D eigenvalue weighted by Gasteiger charge is 2.44. The summed E-state index contributed by atoms with van der Waals surface area (Å²) in [5.74, 6) is 4.24. The molecule has 1 fully saturated rings. The molecule has 0 bridgehead atoms. The first-order valence-electron chi connectivity index (χ1n) is 8.97. The van der Waals surface area contributed by atoms with Crippen LogP contribution in [-0.4, -0.2) is 41.2 Å². The normalized spacial score (nSPS) is 18.7. The fourth-order valence-corrected chi connectivity index (χ4v) is 3.06. The first-order chi connectivity index (χ1) is 13.0. The van der Waals surface area contributed by atoms with Gasteiger partial charge in [0.25, 0.3) is 11.8 Å². The average Bonchev–Trinajstić information content (AvgIpc) is 2.89. The molecule has 0 spiro atoms. The molecule has 1 aromatic rings. The van der Waals surface area contributed by atoms with Crippen LogP contribution in [0.3, 0.4) is 0 Å². The van der Waals surface area contributed by atoms with Crippen LogP contribution in [0.4, 0.5) is 0 Å². The zero-order valence-electron chi connectivity index (χ0n) is 15.0. The van der Waals surface area contributed by atoms with Gasteiger partial charge in [0, 0.05) is 12.8 Å². The highest BCUT2D eigenvalue weighted by molar-refractivity contribution is 6.23. The summed E-state index contributed by atoms with van der Waals surface area (Å²) in [6.45, 7) is 2.29. The Morgan fingerprint density at radius 1 is 1.15 bits per heavy atom. The fourth-order valence-electron chi connectivity index (χ4n) is 3.06. The van der Waals surface area contributed by atoms with E-state index >= 15 is 0 Å². The summed E-state index contributed by atoms with van der Waals surface area (Å²) < 4.78 is 5.53. The van der Waals surface area contributed by atoms with Gasteiger partial charge in [0.2, 0.25) is 11.8 Å². The SMILES string of the molecule is CCCCC#CCOc1ccc2c(c1)C(=O)N(C1CCC(=O)NC1=O)C2=O. The van der Waals surface area contributed by atoms with Crippen molar-refractivity contribution in [3.8, 4) is 17.6 Å². The second-order valence-electron chi connectivity index (χ2n) is 6.40. The highest BCUT2D eigenvalue weighted by Crippen LogP contribution is 2.30. The van der Waals surface area contributed by atoms with E-state index in [1.165, 1.54) is 12.1 Å². The maximum Gasteiger partial charge on any atom is 0.262 e. The van der Waals surface area contributed by atoms with Gasteiger partial charge < -0.3 is 4.74 Å². The molecule has 4 amide bonds. The monoisotopic (exact) mass is 368 g/mol. The molecule has 1 unspecified atom stereocenters. The van der Waals surface area contributed by atoms with Crippen molar-refractivity contribution in [1.29, 1.82) is 0 Å². The van der Waals surface area contributed by atoms with Crippen LogP contribution in [0.15, 0.2) is 18.2 Å². The van der Waals surface area contributed by atoms with Gasteiger partial charge in [-0.3, -0.25) is 29.4 Å². The van der Waals surface area contributed by atoms with E-state index in [2.05, 4.69) is 24.1 Å². The number of piperidine rings is 1. The number of hydrogen-bond donors (Lipinski definition) is 1. The number of carbonyl (C=O) groups excluding carboxylic acids is 4. The number of benzene rings is 1. The molecule has 1 atom stereocenters. The Balaban J connectivity index is 1.71. The van der Waals surface area contributed by atoms with Crippen LogP contribution in [0.2, 0.25) is 0 Å². The summed E-state index contributed by atoms with van der Waals surface area (Å²) in [6.07, 6.45) is 3.17. The van der Waals surface area contributed by atoms with E-state index in [0.29, 0.717) is 5.75 Å². The van der Waals surface area contributed by atoms with Crippen molar-refractivity contribution in [1.82, 2.24) is 10.2 Å². The van der Waals surface area contributed by atoms with Crippen molar-refractivity contribution in [2.45, 2.75) is 45.1 Å². The number of nitrogens with one attached hydrogen (secondary N) is 1. The second kappa shape index (κ2) is 8.04. The molecule has 0 saturated carbocycles. The Morgan fingerprint density at radius 3 is 2.67 bits per heavy atom. The minimum atomic E-state index is -0.969. The van der Waals surface area contributed by atoms with E-state index in [4.69, 9.17) is 4.74 Å². The van der Waals surface area contributed by atoms with Gasteiger partial charge in [-0.1, -0.05) is 25.2 Å². The van der Waals surface area contributed by atoms with Gasteiger partial charge in [-0.15, -0.1) is 0 Å². The average molecular weight is 368 g/mol. The molecular formula is C20H20N2O5. The summed E-state index contributed by atoms with van der Waals surface area (Å²) in [6, 6.07) is 3.64. The molecule has 0 radical (unpaired) electrons. The minimum absolute atomic E-state index is 0.0921. The fraction of sp³-hybridized carbons (Fsp3) is 0.400. The number of fused-ring (bicyclic) bond motifs is 1. The van der Waals surface area contributed by atoms with E-state index < -0.39 is 29.7 Å². The Morgan fingerprint density at radius 2 is 1.93 bits per heavy atom. The molecule has 3 rings (SSSR count). The Labute approximate surface area is 157 Å². The molecule has 7 nitrogen and oxygen atoms in total. The predicted octanol–water partition coefficient (Wildman–Crippen LogP) is 1.66. The lowest BCUT2D eigenvalue weighted by Gasteiger charge is -2.27. The molecule has 27 heavy (non-hydrogen) atoms. The summed E-state index contributed by atoms with van der Waals surface area (Å²) in [5.41, 5.74) is 0.423. The quantitative estimate of drug-likeness (QED) is 0.485. The standard InChI is InChI=1S/C20H20N2O5/c1-2-3-4-5-6-11-27-13-7-8-14-15(12-13)20(26)22(19(14)25)16-9-10-17(23)21-18(16)24/h7-8,12,16H,2-4,9-11H2,1H3,(H,21,23,24). The van der Waals surface area contributed by atoms with Crippen molar-refractivity contribution in [3.63, 3.8) is 0 Å². The summed E-state index contributed by atoms with van der Waals surface area (Å²) in [5, 5.41) is 2.17. The lowest BCUT2D eigenvalue weighted by Crippen LogP contribution is -2.54. The van der Waals surface area contributed by atoms with E-state index in [0.717, 1.165) is 24.2 Å². The van der Waals surface area contributed by atoms with E-state index in [1.54, 1.807) is 6.07 Å². The van der Waals surface area contributed by atoms with Crippen molar-refractivity contribution < 1.29 is 23.9 Å². The molecule has 1 saturated heterocycles. The number of rotatable bonds is 5. The first-order valence-corrected chi connectivity index (χ1v) is 8.97. The Bertz CT molecular complexity index is 865. The van der Waals surface area contributed by atoms with Crippen LogP contribution in [0, 0.1) is 11.8 Å². The van der Waals surface area contributed by atoms with E-state index in [-0.39, 0.29) is 30.6 Å². The number of unbranched alkanes of at least 4 members (excludes halogenated alkanes) is 2. The number of hydrogen-bond acceptors (Lipinski definition) is 5. The maximum atomic E-state index is 12.7. The number of imide groups is 2. The third-order valence-corrected chi connectivity index (χ3v) is 4.50. The largest absolute Gasteiger partial charge is 0.481 e. The molecule has 1 aromatic carbocycles. The van der Waals surface area contributed by atoms with Gasteiger partial charge in [-0.25, -0.2) is 0 Å². The molecule has 2 aliphatic rings. The van der Waals surface area contributed by atoms with Crippen LogP contribution in [0.5, 0.6) is 5.75 Å². The number of amides is 4. The number of ether oxygens (including phenoxy) is 1. The zero-order chi connectivity index (χ0) is 19.4. The molecule has 0 aliphatic carbocycles. The van der Waals surface area contributed by atoms with Gasteiger partial charge in [-0.2, -0.15) is 0 Å². The molecular weight excluding hydrogens is 348 g/mol. The van der Waals surface area contributed by atoms with Gasteiger partial charge in [0.05, 0.1) is 11.1 Å². The van der Waals surface area contributed by atoms with Crippen molar-refractivity contribution in [2.24, 2.45) is 0 Å². The van der Waals surface area contributed by atoms with Gasteiger partial charge in [0.1, 0.15) is 18.4 Å². The highest BCUT2D eigenvalue weighted by atomic mass is 16.5. The van der Waals surface area contributed by atoms with Gasteiger partial charge in [-0.05, 0) is 31.0 Å². The van der Waals surface area contributed by atoms with Gasteiger partial charge >= 0.3 is 0 Å². The lowest BCUT2D eigenvalue weighted by molar-refractivity contribution is -0.136. The van der Waals surface area contributed by atoms with Crippen molar-refractivity contribution >= 4 is 23.6 Å². The van der Waals surface area contributed by atoms with Crippen LogP contribution in [0.25, 0.3) is 0 Å². The topological polar surface area (TPSA) is 92.8 Å². The van der Waals surface area contributed by atoms with Crippen LogP contribution in [0.1, 0.15) is 59.7 Å². The third-order valence-electron chi connectivity index (χ3n) is 4.50. The molecule has 140 valence electrons. The molecule has 0 aromatic heterocycles. The molecule has 2 aliphatic heterocycles. The number of carbonyl (C=O) groups is 4. The second-order valence-corrected chi connectivity index (χ2v) is 6.40. The van der Waals surface area contributed by atoms with Crippen molar-refractivity contribution in [2.75, 3.05) is 6.61 Å². The van der Waals surface area contributed by atoms with E-state index in [1.807, 2.05) is 0 Å². The van der Waals surface area contributed by atoms with Crippen LogP contribution < -0.4 is 10.1 Å². The smallest absolute Gasteiger partial charge is 0.262 e. The Kier molecular flexibility index (Phi) is 5.55. The lowest BCUT2D eigenvalue weighted by atomic mass is 10.0. The maximum absolute atomic E-state index is 12.7. The minimum Gasteiger partial charge on any atom is -0.481 e. The van der Waals surface area contributed by atoms with Crippen LogP contribution in [-0.2, 0) is 9.59 Å². The molecule has 2 heterocycles. The first kappa shape index (κ1) is 18.6. The zero-order valence-corrected chi connectivity index (χ0v) is 15.0. The molecule has 1 N–H and O–H groups in total. The van der Waals surface area contributed by atoms with Crippen LogP contribution >= 0.6 is 0 Å².